The lowest BCUT2D eigenvalue weighted by Crippen LogP contribution is -2.63. The number of halogens is 1. The van der Waals surface area contributed by atoms with Crippen LogP contribution in [0.25, 0.3) is 0 Å². The second-order valence-corrected chi connectivity index (χ2v) is 11.3. The Kier molecular flexibility index (Phi) is 7.43. The van der Waals surface area contributed by atoms with Gasteiger partial charge in [-0.25, -0.2) is 0 Å². The molecule has 2 N–H and O–H groups in total. The smallest absolute Gasteiger partial charge is 0.173 e. The standard InChI is InChI=1S/C26H37ClN4S/c1-18-14-20(10-13-23(18)27)28-24(32)31(17-19-8-11-21(12-9-19)30(6)7)22-15-25(2,3)29-26(4,5)16-22/h8-14,22,29H,15-17H2,1-7H3,(H,28,32). The number of thiocarbonyl (C=S) groups is 1. The Morgan fingerprint density at radius 3 is 2.19 bits per heavy atom. The first-order valence-corrected chi connectivity index (χ1v) is 12.0. The molecule has 0 aliphatic carbocycles. The van der Waals surface area contributed by atoms with Crippen molar-refractivity contribution in [2.24, 2.45) is 0 Å². The van der Waals surface area contributed by atoms with Crippen LogP contribution in [0.5, 0.6) is 0 Å². The summed E-state index contributed by atoms with van der Waals surface area (Å²) >= 11 is 12.2. The van der Waals surface area contributed by atoms with Crippen LogP contribution in [0.15, 0.2) is 42.5 Å². The van der Waals surface area contributed by atoms with Gasteiger partial charge in [-0.15, -0.1) is 0 Å². The molecule has 0 bridgehead atoms. The fourth-order valence-electron chi connectivity index (χ4n) is 4.87. The number of nitrogens with zero attached hydrogens (tertiary/aromatic N) is 2. The van der Waals surface area contributed by atoms with Crippen LogP contribution in [0.3, 0.4) is 0 Å². The lowest BCUT2D eigenvalue weighted by atomic mass is 9.79. The average molecular weight is 473 g/mol. The van der Waals surface area contributed by atoms with Gasteiger partial charge >= 0.3 is 0 Å². The van der Waals surface area contributed by atoms with E-state index in [4.69, 9.17) is 23.8 Å². The number of hydrogen-bond donors (Lipinski definition) is 2. The Hall–Kier alpha value is -1.82. The summed E-state index contributed by atoms with van der Waals surface area (Å²) in [6.07, 6.45) is 2.04. The zero-order valence-electron chi connectivity index (χ0n) is 20.4. The first-order chi connectivity index (χ1) is 14.8. The molecular formula is C26H37ClN4S. The molecule has 1 saturated heterocycles. The van der Waals surface area contributed by atoms with Crippen LogP contribution in [0.4, 0.5) is 11.4 Å². The van der Waals surface area contributed by atoms with E-state index < -0.39 is 0 Å². The normalized spacial score (nSPS) is 17.6. The molecule has 2 aromatic rings. The molecule has 0 aromatic heterocycles. The topological polar surface area (TPSA) is 30.5 Å². The largest absolute Gasteiger partial charge is 0.378 e. The van der Waals surface area contributed by atoms with Gasteiger partial charge in [-0.3, -0.25) is 0 Å². The monoisotopic (exact) mass is 472 g/mol. The van der Waals surface area contributed by atoms with E-state index in [0.717, 1.165) is 40.8 Å². The molecule has 4 nitrogen and oxygen atoms in total. The summed E-state index contributed by atoms with van der Waals surface area (Å²) in [5.74, 6) is 0. The van der Waals surface area contributed by atoms with Crippen molar-refractivity contribution in [1.29, 1.82) is 0 Å². The summed E-state index contributed by atoms with van der Waals surface area (Å²) in [5.41, 5.74) is 4.52. The summed E-state index contributed by atoms with van der Waals surface area (Å²) in [4.78, 5) is 4.49. The second-order valence-electron chi connectivity index (χ2n) is 10.5. The van der Waals surface area contributed by atoms with Gasteiger partial charge in [-0.2, -0.15) is 0 Å². The minimum Gasteiger partial charge on any atom is -0.378 e. The van der Waals surface area contributed by atoms with E-state index in [1.165, 1.54) is 11.3 Å². The fourth-order valence-corrected chi connectivity index (χ4v) is 5.32. The summed E-state index contributed by atoms with van der Waals surface area (Å²) < 4.78 is 0. The maximum absolute atomic E-state index is 6.23. The molecule has 0 atom stereocenters. The molecule has 2 aromatic carbocycles. The number of benzene rings is 2. The number of anilines is 2. The van der Waals surface area contributed by atoms with Crippen LogP contribution in [0.1, 0.15) is 51.7 Å². The van der Waals surface area contributed by atoms with Crippen molar-refractivity contribution in [3.63, 3.8) is 0 Å². The Labute approximate surface area is 204 Å². The molecule has 0 saturated carbocycles. The molecule has 0 spiro atoms. The van der Waals surface area contributed by atoms with E-state index in [1.54, 1.807) is 0 Å². The van der Waals surface area contributed by atoms with Crippen LogP contribution >= 0.6 is 23.8 Å². The molecular weight excluding hydrogens is 436 g/mol. The van der Waals surface area contributed by atoms with Gasteiger partial charge in [0.1, 0.15) is 0 Å². The maximum Gasteiger partial charge on any atom is 0.173 e. The summed E-state index contributed by atoms with van der Waals surface area (Å²) in [7, 11) is 4.13. The number of rotatable bonds is 5. The first kappa shape index (κ1) is 24.8. The van der Waals surface area contributed by atoms with Crippen molar-refractivity contribution in [2.45, 2.75) is 71.1 Å². The van der Waals surface area contributed by atoms with Gasteiger partial charge in [0.15, 0.2) is 5.11 Å². The molecule has 0 amide bonds. The second kappa shape index (κ2) is 9.58. The van der Waals surface area contributed by atoms with Gasteiger partial charge in [-0.05, 0) is 101 Å². The van der Waals surface area contributed by atoms with Gasteiger partial charge in [-0.1, -0.05) is 23.7 Å². The average Bonchev–Trinajstić information content (AvgIpc) is 2.66. The number of piperidine rings is 1. The van der Waals surface area contributed by atoms with Gasteiger partial charge in [0.25, 0.3) is 0 Å². The van der Waals surface area contributed by atoms with E-state index in [9.17, 15) is 0 Å². The third kappa shape index (κ3) is 6.37. The van der Waals surface area contributed by atoms with Crippen molar-refractivity contribution < 1.29 is 0 Å². The molecule has 1 heterocycles. The van der Waals surface area contributed by atoms with Crippen LogP contribution in [0.2, 0.25) is 5.02 Å². The summed E-state index contributed by atoms with van der Waals surface area (Å²) in [6, 6.07) is 15.0. The Balaban J connectivity index is 1.88. The molecule has 0 unspecified atom stereocenters. The summed E-state index contributed by atoms with van der Waals surface area (Å²) in [5, 5.41) is 8.79. The zero-order valence-corrected chi connectivity index (χ0v) is 22.0. The molecule has 1 aliphatic heterocycles. The quantitative estimate of drug-likeness (QED) is 0.504. The molecule has 174 valence electrons. The third-order valence-corrected chi connectivity index (χ3v) is 6.85. The van der Waals surface area contributed by atoms with Gasteiger partial charge in [0.05, 0.1) is 0 Å². The van der Waals surface area contributed by atoms with Crippen molar-refractivity contribution in [3.05, 3.63) is 58.6 Å². The van der Waals surface area contributed by atoms with Crippen LogP contribution in [0, 0.1) is 6.92 Å². The van der Waals surface area contributed by atoms with E-state index in [-0.39, 0.29) is 11.1 Å². The number of aryl methyl sites for hydroxylation is 1. The Morgan fingerprint density at radius 1 is 1.06 bits per heavy atom. The first-order valence-electron chi connectivity index (χ1n) is 11.2. The van der Waals surface area contributed by atoms with Gasteiger partial charge in [0.2, 0.25) is 0 Å². The highest BCUT2D eigenvalue weighted by Crippen LogP contribution is 2.33. The SMILES string of the molecule is Cc1cc(NC(=S)N(Cc2ccc(N(C)C)cc2)C2CC(C)(C)NC(C)(C)C2)ccc1Cl. The molecule has 3 rings (SSSR count). The van der Waals surface area contributed by atoms with E-state index >= 15 is 0 Å². The Bertz CT molecular complexity index is 937. The predicted molar refractivity (Wildman–Crippen MR) is 143 cm³/mol. The highest BCUT2D eigenvalue weighted by Gasteiger charge is 2.40. The number of hydrogen-bond acceptors (Lipinski definition) is 3. The Morgan fingerprint density at radius 2 is 1.66 bits per heavy atom. The fraction of sp³-hybridized carbons (Fsp3) is 0.500. The van der Waals surface area contributed by atoms with Crippen molar-refractivity contribution >= 4 is 40.3 Å². The van der Waals surface area contributed by atoms with Crippen molar-refractivity contribution in [2.75, 3.05) is 24.3 Å². The lowest BCUT2D eigenvalue weighted by Gasteiger charge is -2.50. The molecule has 6 heteroatoms. The van der Waals surface area contributed by atoms with E-state index in [0.29, 0.717) is 6.04 Å². The molecule has 32 heavy (non-hydrogen) atoms. The molecule has 0 radical (unpaired) electrons. The minimum atomic E-state index is 0.0337. The molecule has 1 aliphatic rings. The number of nitrogens with one attached hydrogen (secondary N) is 2. The van der Waals surface area contributed by atoms with Crippen molar-refractivity contribution in [1.82, 2.24) is 10.2 Å². The minimum absolute atomic E-state index is 0.0337. The van der Waals surface area contributed by atoms with Crippen LogP contribution < -0.4 is 15.5 Å². The van der Waals surface area contributed by atoms with Crippen LogP contribution in [-0.4, -0.2) is 41.2 Å². The highest BCUT2D eigenvalue weighted by atomic mass is 35.5. The van der Waals surface area contributed by atoms with Crippen LogP contribution in [-0.2, 0) is 6.54 Å². The zero-order chi connectivity index (χ0) is 23.7. The predicted octanol–water partition coefficient (Wildman–Crippen LogP) is 6.22. The third-order valence-electron chi connectivity index (χ3n) is 6.09. The van der Waals surface area contributed by atoms with Gasteiger partial charge in [0, 0.05) is 54.2 Å². The molecule has 1 fully saturated rings. The van der Waals surface area contributed by atoms with E-state index in [1.807, 2.05) is 19.1 Å². The summed E-state index contributed by atoms with van der Waals surface area (Å²) in [6.45, 7) is 11.9. The van der Waals surface area contributed by atoms with Crippen molar-refractivity contribution in [3.8, 4) is 0 Å². The highest BCUT2D eigenvalue weighted by molar-refractivity contribution is 7.80. The lowest BCUT2D eigenvalue weighted by molar-refractivity contribution is 0.101. The van der Waals surface area contributed by atoms with E-state index in [2.05, 4.69) is 92.6 Å². The van der Waals surface area contributed by atoms with Gasteiger partial charge < -0.3 is 20.4 Å². The maximum atomic E-state index is 6.23.